The lowest BCUT2D eigenvalue weighted by molar-refractivity contribution is -0.137. The molecule has 180 valence electrons. The highest BCUT2D eigenvalue weighted by Crippen LogP contribution is 2.35. The van der Waals surface area contributed by atoms with Gasteiger partial charge in [-0.25, -0.2) is 14.5 Å². The first-order chi connectivity index (χ1) is 16.8. The molecule has 0 atom stereocenters. The molecular weight excluding hydrogens is 461 g/mol. The molecule has 1 fully saturated rings. The molecule has 0 aliphatic carbocycles. The van der Waals surface area contributed by atoms with Crippen molar-refractivity contribution in [1.82, 2.24) is 24.5 Å². The number of halogens is 3. The van der Waals surface area contributed by atoms with Gasteiger partial charge >= 0.3 is 6.18 Å². The van der Waals surface area contributed by atoms with Crippen molar-refractivity contribution in [2.75, 3.05) is 25.4 Å². The molecule has 0 saturated carbocycles. The number of rotatable bonds is 6. The van der Waals surface area contributed by atoms with Crippen LogP contribution in [0.2, 0.25) is 0 Å². The summed E-state index contributed by atoms with van der Waals surface area (Å²) in [5.74, 6) is 0.240. The third-order valence-corrected chi connectivity index (χ3v) is 5.83. The van der Waals surface area contributed by atoms with Crippen LogP contribution < -0.4 is 10.5 Å². The minimum Gasteiger partial charge on any atom is -0.492 e. The number of aromatic nitrogens is 4. The number of anilines is 1. The van der Waals surface area contributed by atoms with Crippen molar-refractivity contribution >= 4 is 17.4 Å². The maximum absolute atomic E-state index is 13.3. The van der Waals surface area contributed by atoms with Gasteiger partial charge in [0.1, 0.15) is 18.2 Å². The van der Waals surface area contributed by atoms with Crippen LogP contribution in [0.3, 0.4) is 0 Å². The van der Waals surface area contributed by atoms with Crippen LogP contribution in [0, 0.1) is 0 Å². The minimum atomic E-state index is -4.63. The standard InChI is InChI=1S/C24H21F3N6O2/c25-24(26,27)18-12-16(13-30-23(18)28)20-14-29-21-8-7-19(31-33(20)21)15-3-5-17(6-4-15)35-11-10-32-9-1-2-22(32)34/h3-8,12-14H,1-2,9-11H2,(H2,28,30). The van der Waals surface area contributed by atoms with Crippen molar-refractivity contribution in [3.63, 3.8) is 0 Å². The second kappa shape index (κ2) is 8.90. The zero-order valence-corrected chi connectivity index (χ0v) is 18.5. The van der Waals surface area contributed by atoms with Gasteiger partial charge < -0.3 is 15.4 Å². The molecule has 1 aliphatic rings. The van der Waals surface area contributed by atoms with Crippen LogP contribution in [0.1, 0.15) is 18.4 Å². The number of likely N-dealkylation sites (tertiary alicyclic amines) is 1. The molecule has 1 aromatic carbocycles. The first-order valence-corrected chi connectivity index (χ1v) is 11.0. The Labute approximate surface area is 198 Å². The van der Waals surface area contributed by atoms with E-state index in [4.69, 9.17) is 10.5 Å². The topological polar surface area (TPSA) is 98.6 Å². The first kappa shape index (κ1) is 22.6. The molecule has 1 saturated heterocycles. The van der Waals surface area contributed by atoms with E-state index in [0.717, 1.165) is 24.6 Å². The van der Waals surface area contributed by atoms with Gasteiger partial charge in [0.15, 0.2) is 5.65 Å². The summed E-state index contributed by atoms with van der Waals surface area (Å²) in [6.45, 7) is 1.73. The number of benzene rings is 1. The van der Waals surface area contributed by atoms with Gasteiger partial charge in [-0.05, 0) is 48.9 Å². The maximum atomic E-state index is 13.3. The first-order valence-electron chi connectivity index (χ1n) is 11.0. The Morgan fingerprint density at radius 3 is 2.54 bits per heavy atom. The Kier molecular flexibility index (Phi) is 5.75. The van der Waals surface area contributed by atoms with Crippen molar-refractivity contribution in [3.05, 3.63) is 60.4 Å². The SMILES string of the molecule is Nc1ncc(-c2cnc3ccc(-c4ccc(OCCN5CCCC5=O)cc4)nn23)cc1C(F)(F)F. The molecule has 3 aromatic heterocycles. The lowest BCUT2D eigenvalue weighted by atomic mass is 10.1. The number of carbonyl (C=O) groups excluding carboxylic acids is 1. The molecule has 35 heavy (non-hydrogen) atoms. The van der Waals surface area contributed by atoms with Gasteiger partial charge in [0.05, 0.1) is 29.7 Å². The summed E-state index contributed by atoms with van der Waals surface area (Å²) in [6.07, 6.45) is -0.420. The monoisotopic (exact) mass is 482 g/mol. The number of ether oxygens (including phenoxy) is 1. The normalized spacial score (nSPS) is 14.1. The zero-order valence-electron chi connectivity index (χ0n) is 18.5. The number of amides is 1. The lowest BCUT2D eigenvalue weighted by Gasteiger charge is -2.15. The van der Waals surface area contributed by atoms with Gasteiger partial charge in [0.2, 0.25) is 5.91 Å². The number of hydrogen-bond acceptors (Lipinski definition) is 6. The quantitative estimate of drug-likeness (QED) is 0.445. The van der Waals surface area contributed by atoms with Crippen molar-refractivity contribution < 1.29 is 22.7 Å². The highest BCUT2D eigenvalue weighted by Gasteiger charge is 2.34. The summed E-state index contributed by atoms with van der Waals surface area (Å²) >= 11 is 0. The molecule has 0 bridgehead atoms. The van der Waals surface area contributed by atoms with Gasteiger partial charge in [0, 0.05) is 30.3 Å². The average molecular weight is 482 g/mol. The predicted molar refractivity (Wildman–Crippen MR) is 122 cm³/mol. The second-order valence-corrected chi connectivity index (χ2v) is 8.14. The molecule has 8 nitrogen and oxygen atoms in total. The van der Waals surface area contributed by atoms with Crippen LogP contribution in [0.5, 0.6) is 5.75 Å². The molecule has 2 N–H and O–H groups in total. The van der Waals surface area contributed by atoms with E-state index in [1.807, 2.05) is 12.1 Å². The molecule has 4 heterocycles. The summed E-state index contributed by atoms with van der Waals surface area (Å²) in [7, 11) is 0. The molecule has 0 radical (unpaired) electrons. The van der Waals surface area contributed by atoms with Crippen LogP contribution >= 0.6 is 0 Å². The fraction of sp³-hybridized carbons (Fsp3) is 0.250. The van der Waals surface area contributed by atoms with Crippen molar-refractivity contribution in [1.29, 1.82) is 0 Å². The Bertz CT molecular complexity index is 1380. The predicted octanol–water partition coefficient (Wildman–Crippen LogP) is 4.06. The Hall–Kier alpha value is -4.15. The summed E-state index contributed by atoms with van der Waals surface area (Å²) in [5.41, 5.74) is 6.84. The van der Waals surface area contributed by atoms with Gasteiger partial charge in [-0.2, -0.15) is 18.3 Å². The number of nitrogen functional groups attached to an aromatic ring is 1. The van der Waals surface area contributed by atoms with E-state index in [2.05, 4.69) is 15.1 Å². The number of hydrogen-bond donors (Lipinski definition) is 1. The fourth-order valence-electron chi connectivity index (χ4n) is 4.00. The second-order valence-electron chi connectivity index (χ2n) is 8.14. The number of pyridine rings is 1. The molecule has 11 heteroatoms. The summed E-state index contributed by atoms with van der Waals surface area (Å²) < 4.78 is 47.1. The largest absolute Gasteiger partial charge is 0.492 e. The van der Waals surface area contributed by atoms with Crippen molar-refractivity contribution in [3.8, 4) is 28.3 Å². The molecule has 4 aromatic rings. The van der Waals surface area contributed by atoms with Crippen molar-refractivity contribution in [2.24, 2.45) is 0 Å². The average Bonchev–Trinajstić information content (AvgIpc) is 3.45. The zero-order chi connectivity index (χ0) is 24.6. The van der Waals surface area contributed by atoms with Crippen LogP contribution in [0.15, 0.2) is 54.9 Å². The minimum absolute atomic E-state index is 0.161. The third-order valence-electron chi connectivity index (χ3n) is 5.83. The van der Waals surface area contributed by atoms with Gasteiger partial charge in [0.25, 0.3) is 0 Å². The molecule has 0 unspecified atom stereocenters. The Morgan fingerprint density at radius 1 is 1.03 bits per heavy atom. The van der Waals surface area contributed by atoms with Gasteiger partial charge in [-0.3, -0.25) is 4.79 Å². The van der Waals surface area contributed by atoms with E-state index in [9.17, 15) is 18.0 Å². The number of carbonyl (C=O) groups is 1. The van der Waals surface area contributed by atoms with Crippen LogP contribution in [0.25, 0.3) is 28.2 Å². The van der Waals surface area contributed by atoms with Gasteiger partial charge in [-0.15, -0.1) is 0 Å². The van der Waals surface area contributed by atoms with Gasteiger partial charge in [-0.1, -0.05) is 0 Å². The molecule has 0 spiro atoms. The highest BCUT2D eigenvalue weighted by atomic mass is 19.4. The molecule has 1 aliphatic heterocycles. The molecular formula is C24H21F3N6O2. The Morgan fingerprint density at radius 2 is 1.83 bits per heavy atom. The lowest BCUT2D eigenvalue weighted by Crippen LogP contribution is -2.29. The van der Waals surface area contributed by atoms with E-state index in [1.165, 1.54) is 16.9 Å². The van der Waals surface area contributed by atoms with Crippen LogP contribution in [0.4, 0.5) is 19.0 Å². The van der Waals surface area contributed by atoms with E-state index < -0.39 is 17.6 Å². The number of nitrogens with zero attached hydrogens (tertiary/aromatic N) is 5. The smallest absolute Gasteiger partial charge is 0.419 e. The molecule has 5 rings (SSSR count). The summed E-state index contributed by atoms with van der Waals surface area (Å²) in [4.78, 5) is 21.4. The van der Waals surface area contributed by atoms with E-state index in [0.29, 0.717) is 42.4 Å². The van der Waals surface area contributed by atoms with E-state index in [1.54, 1.807) is 29.2 Å². The third kappa shape index (κ3) is 4.61. The maximum Gasteiger partial charge on any atom is 0.419 e. The number of imidazole rings is 1. The Balaban J connectivity index is 1.36. The fourth-order valence-corrected chi connectivity index (χ4v) is 4.00. The number of nitrogens with two attached hydrogens (primary N) is 1. The number of fused-ring (bicyclic) bond motifs is 1. The molecule has 1 amide bonds. The van der Waals surface area contributed by atoms with Crippen LogP contribution in [-0.2, 0) is 11.0 Å². The van der Waals surface area contributed by atoms with Crippen molar-refractivity contribution in [2.45, 2.75) is 19.0 Å². The highest BCUT2D eigenvalue weighted by molar-refractivity contribution is 5.78. The van der Waals surface area contributed by atoms with E-state index in [-0.39, 0.29) is 11.5 Å². The summed E-state index contributed by atoms with van der Waals surface area (Å²) in [6, 6.07) is 11.8. The number of alkyl halides is 3. The summed E-state index contributed by atoms with van der Waals surface area (Å²) in [5, 5.41) is 4.58. The van der Waals surface area contributed by atoms with E-state index >= 15 is 0 Å². The van der Waals surface area contributed by atoms with Crippen LogP contribution in [-0.4, -0.2) is 50.1 Å².